The Hall–Kier alpha value is -4.74. The van der Waals surface area contributed by atoms with Crippen molar-refractivity contribution < 1.29 is 52.1 Å². The number of rotatable bonds is 13. The van der Waals surface area contributed by atoms with Crippen LogP contribution < -0.4 is 5.73 Å². The fraction of sp³-hybridized carbons (Fsp3) is 0.0690. The Morgan fingerprint density at radius 3 is 2.27 bits per heavy atom. The Kier molecular flexibility index (Phi) is 11.4. The lowest BCUT2D eigenvalue weighted by atomic mass is 10.1. The highest BCUT2D eigenvalue weighted by Crippen LogP contribution is 2.46. The molecule has 0 unspecified atom stereocenters. The number of aliphatic imine (C=N–C) groups is 1. The molecule has 0 spiro atoms. The molecule has 0 aliphatic heterocycles. The van der Waals surface area contributed by atoms with Gasteiger partial charge in [-0.25, -0.2) is 15.5 Å². The van der Waals surface area contributed by atoms with Crippen LogP contribution in [0.15, 0.2) is 107 Å². The van der Waals surface area contributed by atoms with Crippen molar-refractivity contribution in [1.29, 1.82) is 0 Å². The maximum Gasteiger partial charge on any atom is 0.296 e. The number of methoxy groups -OCH3 is 1. The largest absolute Gasteiger partial charge is 0.505 e. The number of azo groups is 2. The van der Waals surface area contributed by atoms with Crippen molar-refractivity contribution in [3.8, 4) is 5.75 Å². The van der Waals surface area contributed by atoms with Crippen molar-refractivity contribution in [3.63, 3.8) is 0 Å². The highest BCUT2D eigenvalue weighted by Gasteiger charge is 2.21. The van der Waals surface area contributed by atoms with Gasteiger partial charge in [-0.2, -0.15) is 18.6 Å². The van der Waals surface area contributed by atoms with Crippen molar-refractivity contribution in [2.75, 3.05) is 12.8 Å². The molecular formula is C29H24N6O11S3. The number of phenols is 1. The first-order chi connectivity index (χ1) is 23.5. The second-order valence-electron chi connectivity index (χ2n) is 9.80. The zero-order valence-corrected chi connectivity index (χ0v) is 27.6. The number of nitrogens with zero attached hydrogens (tertiary/aromatic N) is 5. The number of nitrogen functional groups attached to an aromatic ring is 1. The number of aryl methyl sites for hydroxylation is 1. The van der Waals surface area contributed by atoms with Gasteiger partial charge in [-0.15, -0.1) is 18.9 Å². The summed E-state index contributed by atoms with van der Waals surface area (Å²) in [5, 5.41) is 54.8. The zero-order valence-electron chi connectivity index (χ0n) is 25.1. The number of hydrogen-bond donors (Lipinski definition) is 5. The van der Waals surface area contributed by atoms with Crippen molar-refractivity contribution in [3.05, 3.63) is 72.3 Å². The fourth-order valence-electron chi connectivity index (χ4n) is 4.49. The minimum absolute atomic E-state index is 0.0462. The van der Waals surface area contributed by atoms with E-state index in [1.54, 1.807) is 31.2 Å². The fourth-order valence-corrected chi connectivity index (χ4v) is 6.03. The minimum atomic E-state index is -4.68. The molecule has 6 N–H and O–H groups in total. The van der Waals surface area contributed by atoms with Gasteiger partial charge in [0.1, 0.15) is 16.3 Å². The third kappa shape index (κ3) is 8.47. The highest BCUT2D eigenvalue weighted by molar-refractivity contribution is 7.95. The van der Waals surface area contributed by atoms with Crippen LogP contribution in [0.5, 0.6) is 5.75 Å². The Morgan fingerprint density at radius 2 is 1.53 bits per heavy atom. The second kappa shape index (κ2) is 15.7. The number of aromatic hydroxyl groups is 1. The Morgan fingerprint density at radius 1 is 0.796 bits per heavy atom. The van der Waals surface area contributed by atoms with Crippen LogP contribution in [0.4, 0.5) is 34.1 Å². The molecule has 0 saturated heterocycles. The molecule has 254 valence electrons. The van der Waals surface area contributed by atoms with Crippen molar-refractivity contribution >= 4 is 96.3 Å². The van der Waals surface area contributed by atoms with Crippen LogP contribution in [0, 0.1) is 6.92 Å². The Bertz CT molecular complexity index is 2230. The number of ether oxygens (including phenoxy) is 1. The van der Waals surface area contributed by atoms with Crippen LogP contribution in [-0.4, -0.2) is 42.1 Å². The number of phenolic OH excluding ortho intramolecular Hbond substituents is 1. The summed E-state index contributed by atoms with van der Waals surface area (Å²) in [5.74, 6) is -0.463. The lowest BCUT2D eigenvalue weighted by Gasteiger charge is -2.11. The predicted octanol–water partition coefficient (Wildman–Crippen LogP) is 8.83. The summed E-state index contributed by atoms with van der Waals surface area (Å²) in [6.07, 6.45) is 1.19. The predicted molar refractivity (Wildman–Crippen MR) is 180 cm³/mol. The highest BCUT2D eigenvalue weighted by atomic mass is 32.2. The molecule has 20 heteroatoms. The van der Waals surface area contributed by atoms with E-state index in [0.29, 0.717) is 45.3 Å². The zero-order chi connectivity index (χ0) is 35.1. The molecule has 0 saturated carbocycles. The van der Waals surface area contributed by atoms with Crippen LogP contribution in [-0.2, 0) is 33.6 Å². The van der Waals surface area contributed by atoms with Gasteiger partial charge in [-0.1, -0.05) is 22.2 Å². The van der Waals surface area contributed by atoms with Gasteiger partial charge in [0.25, 0.3) is 10.1 Å². The standard InChI is InChI=1S/C29H24N6O11S3/c1-15-7-25(34-32-19-5-3-16-4-6-20(47-45-43-37)9-17(16)8-19)24(31-14-42-2)13-23(15)33-35-28-26(48-46-44-38)10-18-11-27(49(39,40)41)22(30)12-21(18)29(28)36/h3-14,36-38H,30H2,1-2H3,(H,39,40,41). The van der Waals surface area contributed by atoms with E-state index in [9.17, 15) is 18.1 Å². The van der Waals surface area contributed by atoms with Gasteiger partial charge in [-0.05, 0) is 83.2 Å². The molecule has 0 heterocycles. The first kappa shape index (κ1) is 35.6. The van der Waals surface area contributed by atoms with Gasteiger partial charge in [0.2, 0.25) is 0 Å². The number of benzene rings is 5. The van der Waals surface area contributed by atoms with Gasteiger partial charge < -0.3 is 15.6 Å². The van der Waals surface area contributed by atoms with E-state index < -0.39 is 20.8 Å². The van der Waals surface area contributed by atoms with Crippen molar-refractivity contribution in [2.24, 2.45) is 25.4 Å². The van der Waals surface area contributed by atoms with E-state index in [2.05, 4.69) is 44.2 Å². The number of fused-ring (bicyclic) bond motifs is 2. The van der Waals surface area contributed by atoms with Crippen LogP contribution in [0.1, 0.15) is 5.56 Å². The third-order valence-electron chi connectivity index (χ3n) is 6.69. The van der Waals surface area contributed by atoms with Crippen LogP contribution in [0.2, 0.25) is 0 Å². The molecule has 0 aromatic heterocycles. The summed E-state index contributed by atoms with van der Waals surface area (Å²) < 4.78 is 47.1. The number of nitrogens with two attached hydrogens (primary N) is 1. The van der Waals surface area contributed by atoms with Gasteiger partial charge >= 0.3 is 0 Å². The molecule has 5 aromatic rings. The lowest BCUT2D eigenvalue weighted by molar-refractivity contribution is -0.432. The average molecular weight is 729 g/mol. The summed E-state index contributed by atoms with van der Waals surface area (Å²) in [7, 11) is -3.26. The van der Waals surface area contributed by atoms with Crippen molar-refractivity contribution in [2.45, 2.75) is 21.6 Å². The molecule has 0 aliphatic rings. The van der Waals surface area contributed by atoms with Gasteiger partial charge in [-0.3, -0.25) is 4.55 Å². The normalized spacial score (nSPS) is 12.3. The summed E-state index contributed by atoms with van der Waals surface area (Å²) in [5.41, 5.74) is 7.47. The topological polar surface area (TPSA) is 249 Å². The van der Waals surface area contributed by atoms with Gasteiger partial charge in [0.05, 0.1) is 58.8 Å². The maximum atomic E-state index is 11.8. The molecule has 5 aromatic carbocycles. The molecule has 49 heavy (non-hydrogen) atoms. The minimum Gasteiger partial charge on any atom is -0.505 e. The summed E-state index contributed by atoms with van der Waals surface area (Å²) >= 11 is 1.27. The monoisotopic (exact) mass is 728 g/mol. The second-order valence-corrected chi connectivity index (χ2v) is 12.7. The molecule has 0 bridgehead atoms. The summed E-state index contributed by atoms with van der Waals surface area (Å²) in [6.45, 7) is 1.74. The molecule has 5 rings (SSSR count). The molecule has 0 atom stereocenters. The number of hydrogen-bond acceptors (Lipinski definition) is 18. The van der Waals surface area contributed by atoms with Crippen LogP contribution in [0.3, 0.4) is 0 Å². The Balaban J connectivity index is 1.52. The van der Waals surface area contributed by atoms with Crippen LogP contribution in [0.25, 0.3) is 21.5 Å². The summed E-state index contributed by atoms with van der Waals surface area (Å²) in [4.78, 5) is 4.44. The van der Waals surface area contributed by atoms with Gasteiger partial charge in [0, 0.05) is 10.3 Å². The lowest BCUT2D eigenvalue weighted by Crippen LogP contribution is -2.03. The Labute approximate surface area is 285 Å². The van der Waals surface area contributed by atoms with E-state index in [0.717, 1.165) is 34.9 Å². The van der Waals surface area contributed by atoms with E-state index >= 15 is 0 Å². The van der Waals surface area contributed by atoms with E-state index in [1.807, 2.05) is 24.3 Å². The van der Waals surface area contributed by atoms with E-state index in [4.69, 9.17) is 21.0 Å². The molecular weight excluding hydrogens is 705 g/mol. The molecule has 0 fully saturated rings. The SMILES string of the molecule is COC=Nc1cc(N=Nc2c(SOOO)cc3cc(S(=O)(=O)O)c(N)cc3c2O)c(C)cc1N=Nc1ccc2ccc(SOOO)cc2c1. The number of anilines is 1. The molecule has 0 radical (unpaired) electrons. The molecule has 17 nitrogen and oxygen atoms in total. The molecule has 0 amide bonds. The van der Waals surface area contributed by atoms with E-state index in [1.165, 1.54) is 19.6 Å². The first-order valence-electron chi connectivity index (χ1n) is 13.5. The maximum absolute atomic E-state index is 11.8. The summed E-state index contributed by atoms with van der Waals surface area (Å²) in [6, 6.07) is 17.7. The first-order valence-corrected chi connectivity index (χ1v) is 16.4. The quantitative estimate of drug-likeness (QED) is 0.0111. The van der Waals surface area contributed by atoms with Crippen LogP contribution >= 0.6 is 24.1 Å². The van der Waals surface area contributed by atoms with Gasteiger partial charge in [0.15, 0.2) is 12.2 Å². The molecule has 0 aliphatic carbocycles. The van der Waals surface area contributed by atoms with E-state index in [-0.39, 0.29) is 27.0 Å². The third-order valence-corrected chi connectivity index (χ3v) is 8.80. The van der Waals surface area contributed by atoms with Crippen molar-refractivity contribution in [1.82, 2.24) is 0 Å². The smallest absolute Gasteiger partial charge is 0.296 e. The average Bonchev–Trinajstić information content (AvgIpc) is 3.07.